The van der Waals surface area contributed by atoms with Crippen LogP contribution in [0, 0.1) is 17.1 Å². The van der Waals surface area contributed by atoms with Gasteiger partial charge in [0.25, 0.3) is 0 Å². The van der Waals surface area contributed by atoms with Crippen molar-refractivity contribution in [3.63, 3.8) is 0 Å². The number of nitrogens with one attached hydrogen (secondary N) is 1. The number of nitrogens with zero attached hydrogens (tertiary/aromatic N) is 5. The summed E-state index contributed by atoms with van der Waals surface area (Å²) in [5.74, 6) is 0.715. The number of hydrogen-bond donors (Lipinski definition) is 2. The zero-order chi connectivity index (χ0) is 19.7. The summed E-state index contributed by atoms with van der Waals surface area (Å²) in [7, 11) is 0. The Bertz CT molecular complexity index is 1190. The van der Waals surface area contributed by atoms with Crippen LogP contribution in [0.1, 0.15) is 24.4 Å². The van der Waals surface area contributed by atoms with Crippen LogP contribution >= 0.6 is 0 Å². The standard InChI is InChI=1S/C20H16FN7/c1-12(26-19-15(10-22)18(23)24-11-25-19)20-27-16-9-13(21)7-8-17(16)28(20)14-5-3-2-4-6-14/h2-9,11-12H,1H3,(H3,23,24,25,26)/t12-/m0/s1. The van der Waals surface area contributed by atoms with E-state index in [9.17, 15) is 9.65 Å². The molecule has 0 saturated heterocycles. The van der Waals surface area contributed by atoms with Gasteiger partial charge in [0.05, 0.1) is 17.1 Å². The lowest BCUT2D eigenvalue weighted by Crippen LogP contribution is -2.15. The summed E-state index contributed by atoms with van der Waals surface area (Å²) in [6, 6.07) is 15.8. The molecule has 2 aromatic heterocycles. The fraction of sp³-hybridized carbons (Fsp3) is 0.100. The Morgan fingerprint density at radius 1 is 1.18 bits per heavy atom. The van der Waals surface area contributed by atoms with Crippen LogP contribution in [0.5, 0.6) is 0 Å². The van der Waals surface area contributed by atoms with E-state index < -0.39 is 0 Å². The molecule has 2 heterocycles. The van der Waals surface area contributed by atoms with Gasteiger partial charge < -0.3 is 11.1 Å². The van der Waals surface area contributed by atoms with E-state index in [0.717, 1.165) is 11.2 Å². The molecule has 0 aliphatic rings. The zero-order valence-corrected chi connectivity index (χ0v) is 15.0. The normalized spacial score (nSPS) is 11.9. The second-order valence-electron chi connectivity index (χ2n) is 6.23. The van der Waals surface area contributed by atoms with Crippen LogP contribution in [0.3, 0.4) is 0 Å². The molecule has 4 aromatic rings. The van der Waals surface area contributed by atoms with Gasteiger partial charge in [-0.05, 0) is 31.2 Å². The van der Waals surface area contributed by atoms with E-state index in [2.05, 4.69) is 20.3 Å². The van der Waals surface area contributed by atoms with E-state index in [1.807, 2.05) is 47.9 Å². The summed E-state index contributed by atoms with van der Waals surface area (Å²) in [6.07, 6.45) is 1.29. The Balaban J connectivity index is 1.84. The first kappa shape index (κ1) is 17.4. The van der Waals surface area contributed by atoms with Crippen LogP contribution in [0.2, 0.25) is 0 Å². The van der Waals surface area contributed by atoms with Crippen LogP contribution in [-0.2, 0) is 0 Å². The maximum Gasteiger partial charge on any atom is 0.150 e. The predicted molar refractivity (Wildman–Crippen MR) is 104 cm³/mol. The minimum Gasteiger partial charge on any atom is -0.382 e. The maximum absolute atomic E-state index is 13.7. The molecule has 0 bridgehead atoms. The van der Waals surface area contributed by atoms with Gasteiger partial charge in [-0.2, -0.15) is 5.26 Å². The lowest BCUT2D eigenvalue weighted by Gasteiger charge is -2.17. The number of benzene rings is 2. The highest BCUT2D eigenvalue weighted by molar-refractivity contribution is 5.78. The molecule has 0 saturated carbocycles. The van der Waals surface area contributed by atoms with Gasteiger partial charge in [0.1, 0.15) is 41.2 Å². The molecule has 0 radical (unpaired) electrons. The van der Waals surface area contributed by atoms with Gasteiger partial charge in [0.15, 0.2) is 0 Å². The molecule has 3 N–H and O–H groups in total. The monoisotopic (exact) mass is 373 g/mol. The highest BCUT2D eigenvalue weighted by Gasteiger charge is 2.20. The van der Waals surface area contributed by atoms with Gasteiger partial charge in [-0.1, -0.05) is 18.2 Å². The topological polar surface area (TPSA) is 105 Å². The third kappa shape index (κ3) is 2.99. The number of nitriles is 1. The number of nitrogen functional groups attached to an aromatic ring is 1. The largest absolute Gasteiger partial charge is 0.382 e. The van der Waals surface area contributed by atoms with Crippen LogP contribution in [0.25, 0.3) is 16.7 Å². The second kappa shape index (κ2) is 6.96. The SMILES string of the molecule is C[C@H](Nc1ncnc(N)c1C#N)c1nc2cc(F)ccc2n1-c1ccccc1. The third-order valence-corrected chi connectivity index (χ3v) is 4.39. The summed E-state index contributed by atoms with van der Waals surface area (Å²) >= 11 is 0. The molecule has 0 fully saturated rings. The van der Waals surface area contributed by atoms with Crippen LogP contribution in [-0.4, -0.2) is 19.5 Å². The fourth-order valence-corrected chi connectivity index (χ4v) is 3.10. The van der Waals surface area contributed by atoms with E-state index in [1.165, 1.54) is 18.5 Å². The number of anilines is 2. The second-order valence-corrected chi connectivity index (χ2v) is 6.23. The molecule has 1 atom stereocenters. The molecular formula is C20H16FN7. The Labute approximate surface area is 160 Å². The average molecular weight is 373 g/mol. The number of hydrogen-bond acceptors (Lipinski definition) is 6. The van der Waals surface area contributed by atoms with E-state index >= 15 is 0 Å². The average Bonchev–Trinajstić information content (AvgIpc) is 3.07. The van der Waals surface area contributed by atoms with Crippen molar-refractivity contribution >= 4 is 22.7 Å². The van der Waals surface area contributed by atoms with E-state index in [-0.39, 0.29) is 23.2 Å². The molecular weight excluding hydrogens is 357 g/mol. The minimum atomic E-state index is -0.354. The Morgan fingerprint density at radius 2 is 1.96 bits per heavy atom. The number of fused-ring (bicyclic) bond motifs is 1. The Kier molecular flexibility index (Phi) is 4.33. The number of para-hydroxylation sites is 1. The zero-order valence-electron chi connectivity index (χ0n) is 15.0. The molecule has 0 aliphatic carbocycles. The van der Waals surface area contributed by atoms with Gasteiger partial charge >= 0.3 is 0 Å². The quantitative estimate of drug-likeness (QED) is 0.566. The van der Waals surface area contributed by atoms with Gasteiger partial charge in [-0.25, -0.2) is 19.3 Å². The van der Waals surface area contributed by atoms with Crippen molar-refractivity contribution in [3.05, 3.63) is 72.1 Å². The first-order valence-corrected chi connectivity index (χ1v) is 8.59. The summed E-state index contributed by atoms with van der Waals surface area (Å²) in [4.78, 5) is 12.6. The van der Waals surface area contributed by atoms with Gasteiger partial charge in [-0.3, -0.25) is 4.57 Å². The fourth-order valence-electron chi connectivity index (χ4n) is 3.10. The lowest BCUT2D eigenvalue weighted by molar-refractivity contribution is 0.629. The van der Waals surface area contributed by atoms with Gasteiger partial charge in [0.2, 0.25) is 0 Å². The Morgan fingerprint density at radius 3 is 2.71 bits per heavy atom. The molecule has 0 amide bonds. The van der Waals surface area contributed by atoms with Crippen molar-refractivity contribution in [2.45, 2.75) is 13.0 Å². The van der Waals surface area contributed by atoms with Crippen molar-refractivity contribution in [2.24, 2.45) is 0 Å². The van der Waals surface area contributed by atoms with E-state index in [4.69, 9.17) is 5.73 Å². The number of imidazole rings is 1. The highest BCUT2D eigenvalue weighted by Crippen LogP contribution is 2.28. The van der Waals surface area contributed by atoms with Crippen molar-refractivity contribution in [1.29, 1.82) is 5.26 Å². The molecule has 2 aromatic carbocycles. The van der Waals surface area contributed by atoms with Crippen molar-refractivity contribution in [1.82, 2.24) is 19.5 Å². The summed E-state index contributed by atoms with van der Waals surface area (Å²) in [6.45, 7) is 1.89. The molecule has 8 heteroatoms. The summed E-state index contributed by atoms with van der Waals surface area (Å²) in [5.41, 5.74) is 8.14. The van der Waals surface area contributed by atoms with Gasteiger partial charge in [0, 0.05) is 11.8 Å². The molecule has 0 unspecified atom stereocenters. The third-order valence-electron chi connectivity index (χ3n) is 4.39. The Hall–Kier alpha value is -3.99. The van der Waals surface area contributed by atoms with Crippen LogP contribution < -0.4 is 11.1 Å². The predicted octanol–water partition coefficient (Wildman–Crippen LogP) is 3.58. The van der Waals surface area contributed by atoms with Crippen molar-refractivity contribution < 1.29 is 4.39 Å². The number of nitrogens with two attached hydrogens (primary N) is 1. The lowest BCUT2D eigenvalue weighted by atomic mass is 10.2. The van der Waals surface area contributed by atoms with Crippen molar-refractivity contribution in [3.8, 4) is 11.8 Å². The van der Waals surface area contributed by atoms with Crippen LogP contribution in [0.4, 0.5) is 16.0 Å². The first-order valence-electron chi connectivity index (χ1n) is 8.59. The summed E-state index contributed by atoms with van der Waals surface area (Å²) < 4.78 is 15.7. The van der Waals surface area contributed by atoms with Gasteiger partial charge in [-0.15, -0.1) is 0 Å². The number of halogens is 1. The van der Waals surface area contributed by atoms with E-state index in [0.29, 0.717) is 17.2 Å². The smallest absolute Gasteiger partial charge is 0.150 e. The number of rotatable bonds is 4. The molecule has 4 rings (SSSR count). The maximum atomic E-state index is 13.7. The minimum absolute atomic E-state index is 0.103. The first-order chi connectivity index (χ1) is 13.6. The molecule has 28 heavy (non-hydrogen) atoms. The molecule has 138 valence electrons. The number of aromatic nitrogens is 4. The molecule has 0 aliphatic heterocycles. The van der Waals surface area contributed by atoms with Crippen LogP contribution in [0.15, 0.2) is 54.9 Å². The summed E-state index contributed by atoms with van der Waals surface area (Å²) in [5, 5.41) is 12.5. The van der Waals surface area contributed by atoms with Crippen molar-refractivity contribution in [2.75, 3.05) is 11.1 Å². The highest BCUT2D eigenvalue weighted by atomic mass is 19.1. The van der Waals surface area contributed by atoms with E-state index in [1.54, 1.807) is 6.07 Å². The molecule has 7 nitrogen and oxygen atoms in total. The molecule has 0 spiro atoms.